The van der Waals surface area contributed by atoms with E-state index in [1.165, 1.54) is 11.3 Å². The van der Waals surface area contributed by atoms with Crippen LogP contribution in [-0.4, -0.2) is 4.57 Å². The Bertz CT molecular complexity index is 428. The van der Waals surface area contributed by atoms with E-state index in [-0.39, 0.29) is 0 Å². The van der Waals surface area contributed by atoms with Gasteiger partial charge in [0, 0.05) is 24.0 Å². The van der Waals surface area contributed by atoms with E-state index in [4.69, 9.17) is 11.6 Å². The fourth-order valence-corrected chi connectivity index (χ4v) is 1.81. The Balaban J connectivity index is 1.99. The van der Waals surface area contributed by atoms with E-state index in [9.17, 15) is 0 Å². The monoisotopic (exact) mass is 219 g/mol. The average Bonchev–Trinajstić information content (AvgIpc) is 2.63. The summed E-state index contributed by atoms with van der Waals surface area (Å²) in [5, 5.41) is 0.803. The van der Waals surface area contributed by atoms with Crippen LogP contribution >= 0.6 is 11.6 Å². The highest BCUT2D eigenvalue weighted by atomic mass is 35.5. The second-order valence-electron chi connectivity index (χ2n) is 3.74. The number of benzene rings is 1. The maximum absolute atomic E-state index is 5.83. The third-order valence-electron chi connectivity index (χ3n) is 2.63. The summed E-state index contributed by atoms with van der Waals surface area (Å²) in [6, 6.07) is 12.3. The lowest BCUT2D eigenvalue weighted by Gasteiger charge is -2.03. The molecule has 0 aliphatic heterocycles. The van der Waals surface area contributed by atoms with E-state index in [0.29, 0.717) is 0 Å². The van der Waals surface area contributed by atoms with Crippen molar-refractivity contribution in [3.05, 3.63) is 58.9 Å². The second kappa shape index (κ2) is 4.54. The second-order valence-corrected chi connectivity index (χ2v) is 4.17. The molecule has 78 valence electrons. The first-order valence-electron chi connectivity index (χ1n) is 5.10. The van der Waals surface area contributed by atoms with Gasteiger partial charge in [-0.1, -0.05) is 23.7 Å². The van der Waals surface area contributed by atoms with Crippen molar-refractivity contribution in [1.82, 2.24) is 4.57 Å². The van der Waals surface area contributed by atoms with E-state index in [1.807, 2.05) is 12.1 Å². The minimum atomic E-state index is 0.803. The maximum atomic E-state index is 5.83. The van der Waals surface area contributed by atoms with Crippen LogP contribution in [0.3, 0.4) is 0 Å². The van der Waals surface area contributed by atoms with Crippen LogP contribution < -0.4 is 0 Å². The van der Waals surface area contributed by atoms with Gasteiger partial charge in [-0.25, -0.2) is 0 Å². The van der Waals surface area contributed by atoms with Crippen LogP contribution in [0.25, 0.3) is 0 Å². The first kappa shape index (κ1) is 10.3. The number of aryl methyl sites for hydroxylation is 3. The van der Waals surface area contributed by atoms with Gasteiger partial charge < -0.3 is 4.57 Å². The van der Waals surface area contributed by atoms with Crippen molar-refractivity contribution in [3.63, 3.8) is 0 Å². The highest BCUT2D eigenvalue weighted by Crippen LogP contribution is 2.12. The lowest BCUT2D eigenvalue weighted by molar-refractivity contribution is 0.801. The lowest BCUT2D eigenvalue weighted by Crippen LogP contribution is -1.97. The number of rotatable bonds is 3. The molecule has 0 saturated carbocycles. The maximum Gasteiger partial charge on any atom is 0.0406 e. The van der Waals surface area contributed by atoms with Gasteiger partial charge in [0.25, 0.3) is 0 Å². The Morgan fingerprint density at radius 2 is 1.80 bits per heavy atom. The predicted molar refractivity (Wildman–Crippen MR) is 64.3 cm³/mol. The van der Waals surface area contributed by atoms with Crippen LogP contribution in [-0.2, 0) is 19.9 Å². The molecule has 0 radical (unpaired) electrons. The summed E-state index contributed by atoms with van der Waals surface area (Å²) in [7, 11) is 2.08. The molecular weight excluding hydrogens is 206 g/mol. The van der Waals surface area contributed by atoms with Crippen LogP contribution in [0.2, 0.25) is 5.02 Å². The quantitative estimate of drug-likeness (QED) is 0.745. The van der Waals surface area contributed by atoms with Crippen molar-refractivity contribution in [1.29, 1.82) is 0 Å². The van der Waals surface area contributed by atoms with Crippen molar-refractivity contribution in [2.24, 2.45) is 7.05 Å². The molecule has 0 bridgehead atoms. The summed E-state index contributed by atoms with van der Waals surface area (Å²) < 4.78 is 2.16. The molecule has 1 aromatic carbocycles. The van der Waals surface area contributed by atoms with Crippen molar-refractivity contribution in [2.45, 2.75) is 12.8 Å². The van der Waals surface area contributed by atoms with E-state index in [1.54, 1.807) is 0 Å². The van der Waals surface area contributed by atoms with E-state index < -0.39 is 0 Å². The molecule has 0 fully saturated rings. The Morgan fingerprint density at radius 3 is 2.40 bits per heavy atom. The fourth-order valence-electron chi connectivity index (χ4n) is 1.68. The molecule has 1 aromatic heterocycles. The number of nitrogens with zero attached hydrogens (tertiary/aromatic N) is 1. The topological polar surface area (TPSA) is 4.93 Å². The molecule has 0 unspecified atom stereocenters. The molecule has 0 atom stereocenters. The average molecular weight is 220 g/mol. The van der Waals surface area contributed by atoms with Gasteiger partial charge in [-0.15, -0.1) is 0 Å². The zero-order valence-electron chi connectivity index (χ0n) is 8.78. The van der Waals surface area contributed by atoms with Gasteiger partial charge in [-0.3, -0.25) is 0 Å². The molecule has 0 spiro atoms. The van der Waals surface area contributed by atoms with Gasteiger partial charge >= 0.3 is 0 Å². The SMILES string of the molecule is Cn1cccc1CCc1ccc(Cl)cc1. The molecule has 0 aliphatic carbocycles. The van der Waals surface area contributed by atoms with Crippen molar-refractivity contribution in [2.75, 3.05) is 0 Å². The van der Waals surface area contributed by atoms with Gasteiger partial charge in [-0.2, -0.15) is 0 Å². The van der Waals surface area contributed by atoms with Gasteiger partial charge in [0.1, 0.15) is 0 Å². The Morgan fingerprint density at radius 1 is 1.07 bits per heavy atom. The zero-order valence-corrected chi connectivity index (χ0v) is 9.54. The van der Waals surface area contributed by atoms with Gasteiger partial charge in [0.15, 0.2) is 0 Å². The smallest absolute Gasteiger partial charge is 0.0406 e. The molecule has 0 saturated heterocycles. The molecule has 1 heterocycles. The number of hydrogen-bond acceptors (Lipinski definition) is 0. The lowest BCUT2D eigenvalue weighted by atomic mass is 10.1. The Kier molecular flexibility index (Phi) is 3.12. The van der Waals surface area contributed by atoms with Gasteiger partial charge in [-0.05, 0) is 42.7 Å². The van der Waals surface area contributed by atoms with Crippen LogP contribution in [0.4, 0.5) is 0 Å². The molecule has 0 N–H and O–H groups in total. The molecule has 15 heavy (non-hydrogen) atoms. The predicted octanol–water partition coefficient (Wildman–Crippen LogP) is 3.46. The zero-order chi connectivity index (χ0) is 10.7. The molecule has 2 rings (SSSR count). The van der Waals surface area contributed by atoms with Gasteiger partial charge in [0.05, 0.1) is 0 Å². The minimum absolute atomic E-state index is 0.803. The number of hydrogen-bond donors (Lipinski definition) is 0. The largest absolute Gasteiger partial charge is 0.354 e. The summed E-state index contributed by atoms with van der Waals surface area (Å²) in [6.45, 7) is 0. The molecule has 1 nitrogen and oxygen atoms in total. The molecular formula is C13H14ClN. The molecule has 0 amide bonds. The summed E-state index contributed by atoms with van der Waals surface area (Å²) >= 11 is 5.83. The van der Waals surface area contributed by atoms with Crippen molar-refractivity contribution >= 4 is 11.6 Å². The summed E-state index contributed by atoms with van der Waals surface area (Å²) in [6.07, 6.45) is 4.22. The first-order chi connectivity index (χ1) is 7.25. The van der Waals surface area contributed by atoms with Crippen LogP contribution in [0, 0.1) is 0 Å². The van der Waals surface area contributed by atoms with Crippen molar-refractivity contribution in [3.8, 4) is 0 Å². The first-order valence-corrected chi connectivity index (χ1v) is 5.48. The standard InChI is InChI=1S/C13H14ClN/c1-15-10-2-3-13(15)9-6-11-4-7-12(14)8-5-11/h2-5,7-8,10H,6,9H2,1H3. The number of aromatic nitrogens is 1. The molecule has 0 aliphatic rings. The Hall–Kier alpha value is -1.21. The highest BCUT2D eigenvalue weighted by Gasteiger charge is 1.98. The number of halogens is 1. The molecule has 2 heteroatoms. The van der Waals surface area contributed by atoms with E-state index in [0.717, 1.165) is 17.9 Å². The Labute approximate surface area is 95.3 Å². The van der Waals surface area contributed by atoms with Gasteiger partial charge in [0.2, 0.25) is 0 Å². The normalized spacial score (nSPS) is 10.5. The van der Waals surface area contributed by atoms with Crippen LogP contribution in [0.15, 0.2) is 42.6 Å². The van der Waals surface area contributed by atoms with Crippen molar-refractivity contribution < 1.29 is 0 Å². The van der Waals surface area contributed by atoms with Crippen LogP contribution in [0.5, 0.6) is 0 Å². The summed E-state index contributed by atoms with van der Waals surface area (Å²) in [4.78, 5) is 0. The summed E-state index contributed by atoms with van der Waals surface area (Å²) in [5.74, 6) is 0. The van der Waals surface area contributed by atoms with E-state index >= 15 is 0 Å². The fraction of sp³-hybridized carbons (Fsp3) is 0.231. The van der Waals surface area contributed by atoms with E-state index in [2.05, 4.69) is 42.1 Å². The highest BCUT2D eigenvalue weighted by molar-refractivity contribution is 6.30. The third-order valence-corrected chi connectivity index (χ3v) is 2.89. The minimum Gasteiger partial charge on any atom is -0.354 e. The summed E-state index contributed by atoms with van der Waals surface area (Å²) in [5.41, 5.74) is 2.70. The third kappa shape index (κ3) is 2.63. The van der Waals surface area contributed by atoms with Crippen LogP contribution in [0.1, 0.15) is 11.3 Å². The molecule has 2 aromatic rings.